The number of carbonyl (C=O) groups is 1. The number of carbonyl (C=O) groups excluding carboxylic acids is 1. The van der Waals surface area contributed by atoms with Gasteiger partial charge in [-0.25, -0.2) is 9.97 Å². The average molecular weight is 333 g/mol. The smallest absolute Gasteiger partial charge is 0.275 e. The number of amides is 1. The van der Waals surface area contributed by atoms with Crippen LogP contribution in [0.2, 0.25) is 0 Å². The zero-order valence-corrected chi connectivity index (χ0v) is 14.3. The number of aromatic nitrogens is 4. The minimum atomic E-state index is 0.0236. The van der Waals surface area contributed by atoms with Crippen LogP contribution in [0, 0.1) is 6.92 Å². The molecule has 0 N–H and O–H groups in total. The van der Waals surface area contributed by atoms with E-state index in [1.165, 1.54) is 0 Å². The van der Waals surface area contributed by atoms with Gasteiger partial charge in [-0.2, -0.15) is 5.10 Å². The molecule has 0 radical (unpaired) electrons. The molecule has 6 heteroatoms. The third-order valence-electron chi connectivity index (χ3n) is 5.51. The predicted molar refractivity (Wildman–Crippen MR) is 93.1 cm³/mol. The Bertz CT molecular complexity index is 1010. The summed E-state index contributed by atoms with van der Waals surface area (Å²) in [4.78, 5) is 24.4. The average Bonchev–Trinajstić information content (AvgIpc) is 3.11. The zero-order valence-electron chi connectivity index (χ0n) is 14.3. The highest BCUT2D eigenvalue weighted by molar-refractivity contribution is 6.05. The lowest BCUT2D eigenvalue weighted by atomic mass is 9.98. The van der Waals surface area contributed by atoms with Crippen molar-refractivity contribution in [3.05, 3.63) is 53.2 Å². The Morgan fingerprint density at radius 1 is 1.24 bits per heavy atom. The van der Waals surface area contributed by atoms with Gasteiger partial charge in [-0.05, 0) is 25.8 Å². The summed E-state index contributed by atoms with van der Waals surface area (Å²) in [6, 6.07) is 8.18. The van der Waals surface area contributed by atoms with Crippen molar-refractivity contribution >= 4 is 16.8 Å². The molecule has 0 aliphatic carbocycles. The van der Waals surface area contributed by atoms with Gasteiger partial charge in [0.1, 0.15) is 5.82 Å². The van der Waals surface area contributed by atoms with E-state index in [1.54, 1.807) is 4.68 Å². The highest BCUT2D eigenvalue weighted by Gasteiger charge is 2.44. The van der Waals surface area contributed by atoms with E-state index < -0.39 is 0 Å². The van der Waals surface area contributed by atoms with Gasteiger partial charge < -0.3 is 4.90 Å². The third kappa shape index (κ3) is 2.03. The summed E-state index contributed by atoms with van der Waals surface area (Å²) < 4.78 is 1.79. The first-order valence-electron chi connectivity index (χ1n) is 8.70. The van der Waals surface area contributed by atoms with Crippen LogP contribution in [-0.2, 0) is 13.5 Å². The maximum absolute atomic E-state index is 13.4. The van der Waals surface area contributed by atoms with Crippen molar-refractivity contribution < 1.29 is 4.79 Å². The minimum Gasteiger partial charge on any atom is -0.327 e. The van der Waals surface area contributed by atoms with Gasteiger partial charge in [0, 0.05) is 36.7 Å². The van der Waals surface area contributed by atoms with Crippen LogP contribution in [0.15, 0.2) is 30.5 Å². The summed E-state index contributed by atoms with van der Waals surface area (Å²) in [5.41, 5.74) is 3.74. The summed E-state index contributed by atoms with van der Waals surface area (Å²) in [5, 5.41) is 5.44. The zero-order chi connectivity index (χ0) is 17.1. The van der Waals surface area contributed by atoms with Gasteiger partial charge in [-0.3, -0.25) is 9.48 Å². The van der Waals surface area contributed by atoms with E-state index in [-0.39, 0.29) is 18.0 Å². The highest BCUT2D eigenvalue weighted by Crippen LogP contribution is 2.43. The van der Waals surface area contributed by atoms with Crippen LogP contribution in [0.1, 0.15) is 46.5 Å². The van der Waals surface area contributed by atoms with Crippen LogP contribution < -0.4 is 0 Å². The number of aryl methyl sites for hydroxylation is 2. The second-order valence-corrected chi connectivity index (χ2v) is 6.97. The van der Waals surface area contributed by atoms with Crippen molar-refractivity contribution in [2.75, 3.05) is 0 Å². The molecule has 1 amide bonds. The van der Waals surface area contributed by atoms with Crippen LogP contribution in [0.3, 0.4) is 0 Å². The second kappa shape index (κ2) is 5.12. The molecule has 2 aliphatic rings. The van der Waals surface area contributed by atoms with Crippen molar-refractivity contribution in [2.24, 2.45) is 7.05 Å². The molecule has 0 saturated carbocycles. The van der Waals surface area contributed by atoms with Gasteiger partial charge in [0.25, 0.3) is 5.91 Å². The molecule has 1 fully saturated rings. The van der Waals surface area contributed by atoms with Gasteiger partial charge in [0.05, 0.1) is 17.3 Å². The second-order valence-electron chi connectivity index (χ2n) is 6.97. The van der Waals surface area contributed by atoms with Gasteiger partial charge in [0.15, 0.2) is 5.69 Å². The number of hydrogen-bond acceptors (Lipinski definition) is 4. The van der Waals surface area contributed by atoms with Gasteiger partial charge in [-0.1, -0.05) is 18.2 Å². The van der Waals surface area contributed by atoms with E-state index in [0.717, 1.165) is 47.2 Å². The van der Waals surface area contributed by atoms with E-state index in [9.17, 15) is 4.79 Å². The van der Waals surface area contributed by atoms with Crippen LogP contribution >= 0.6 is 0 Å². The molecule has 4 heterocycles. The highest BCUT2D eigenvalue weighted by atomic mass is 16.2. The summed E-state index contributed by atoms with van der Waals surface area (Å²) in [7, 11) is 1.88. The van der Waals surface area contributed by atoms with Crippen LogP contribution in [0.4, 0.5) is 0 Å². The lowest BCUT2D eigenvalue weighted by Crippen LogP contribution is -2.42. The molecule has 5 rings (SSSR count). The molecule has 2 bridgehead atoms. The molecule has 6 nitrogen and oxygen atoms in total. The lowest BCUT2D eigenvalue weighted by molar-refractivity contribution is 0.0638. The number of benzene rings is 1. The fraction of sp³-hybridized carbons (Fsp3) is 0.368. The fourth-order valence-electron chi connectivity index (χ4n) is 4.38. The molecule has 1 saturated heterocycles. The molecule has 25 heavy (non-hydrogen) atoms. The monoisotopic (exact) mass is 333 g/mol. The topological polar surface area (TPSA) is 63.9 Å². The van der Waals surface area contributed by atoms with Crippen LogP contribution in [0.25, 0.3) is 10.9 Å². The Hall–Kier alpha value is -2.76. The van der Waals surface area contributed by atoms with E-state index in [2.05, 4.69) is 15.1 Å². The van der Waals surface area contributed by atoms with E-state index >= 15 is 0 Å². The maximum atomic E-state index is 13.4. The van der Waals surface area contributed by atoms with E-state index in [4.69, 9.17) is 0 Å². The van der Waals surface area contributed by atoms with Gasteiger partial charge >= 0.3 is 0 Å². The molecule has 2 atom stereocenters. The maximum Gasteiger partial charge on any atom is 0.275 e. The predicted octanol–water partition coefficient (Wildman–Crippen LogP) is 2.57. The number of para-hydroxylation sites is 1. The van der Waals surface area contributed by atoms with Crippen molar-refractivity contribution in [2.45, 2.75) is 38.3 Å². The molecule has 0 unspecified atom stereocenters. The Morgan fingerprint density at radius 2 is 2.08 bits per heavy atom. The Labute approximate surface area is 145 Å². The van der Waals surface area contributed by atoms with Gasteiger partial charge in [0.2, 0.25) is 0 Å². The SMILES string of the molecule is Cc1ncc2c(n1)C[C@@H]1CC[C@H]2N1C(=O)c1nn(C)c2ccccc12. The first-order chi connectivity index (χ1) is 12.1. The molecule has 2 aliphatic heterocycles. The fourth-order valence-corrected chi connectivity index (χ4v) is 4.38. The van der Waals surface area contributed by atoms with Crippen molar-refractivity contribution in [3.63, 3.8) is 0 Å². The summed E-state index contributed by atoms with van der Waals surface area (Å²) in [5.74, 6) is 0.823. The quantitative estimate of drug-likeness (QED) is 0.686. The molecule has 1 aromatic carbocycles. The molecule has 3 aromatic rings. The molecule has 0 spiro atoms. The Balaban J connectivity index is 1.59. The summed E-state index contributed by atoms with van der Waals surface area (Å²) in [6.07, 6.45) is 4.70. The normalized spacial score (nSPS) is 21.6. The number of nitrogens with zero attached hydrogens (tertiary/aromatic N) is 5. The molecule has 126 valence electrons. The van der Waals surface area contributed by atoms with Crippen molar-refractivity contribution in [1.82, 2.24) is 24.6 Å². The first-order valence-corrected chi connectivity index (χ1v) is 8.70. The van der Waals surface area contributed by atoms with Crippen molar-refractivity contribution in [3.8, 4) is 0 Å². The largest absolute Gasteiger partial charge is 0.327 e. The molecular formula is C19H19N5O. The van der Waals surface area contributed by atoms with Gasteiger partial charge in [-0.15, -0.1) is 0 Å². The molecule has 2 aromatic heterocycles. The summed E-state index contributed by atoms with van der Waals surface area (Å²) in [6.45, 7) is 1.92. The third-order valence-corrected chi connectivity index (χ3v) is 5.51. The number of fused-ring (bicyclic) bond motifs is 5. The Kier molecular flexibility index (Phi) is 2.98. The van der Waals surface area contributed by atoms with Crippen LogP contribution in [-0.4, -0.2) is 36.6 Å². The minimum absolute atomic E-state index is 0.0236. The van der Waals surface area contributed by atoms with E-state index in [1.807, 2.05) is 49.3 Å². The number of hydrogen-bond donors (Lipinski definition) is 0. The van der Waals surface area contributed by atoms with Crippen LogP contribution in [0.5, 0.6) is 0 Å². The summed E-state index contributed by atoms with van der Waals surface area (Å²) >= 11 is 0. The standard InChI is InChI=1S/C19H19N5O/c1-11-20-10-14-15(21-11)9-12-7-8-17(14)24(12)19(25)18-13-5-3-4-6-16(13)23(2)22-18/h3-6,10,12,17H,7-9H2,1-2H3/t12-,17+/m0/s1. The Morgan fingerprint density at radius 3 is 2.96 bits per heavy atom. The number of rotatable bonds is 1. The first kappa shape index (κ1) is 14.6. The molecular weight excluding hydrogens is 314 g/mol. The van der Waals surface area contributed by atoms with Crippen molar-refractivity contribution in [1.29, 1.82) is 0 Å². The van der Waals surface area contributed by atoms with E-state index in [0.29, 0.717) is 5.69 Å². The lowest BCUT2D eigenvalue weighted by Gasteiger charge is -2.35.